The van der Waals surface area contributed by atoms with E-state index < -0.39 is 34.8 Å². The Bertz CT molecular complexity index is 1370. The summed E-state index contributed by atoms with van der Waals surface area (Å²) >= 11 is 12.5. The maximum absolute atomic E-state index is 13.2. The maximum Gasteiger partial charge on any atom is 0.408 e. The zero-order chi connectivity index (χ0) is 28.0. The van der Waals surface area contributed by atoms with E-state index in [1.165, 1.54) is 12.4 Å². The smallest absolute Gasteiger partial charge is 0.408 e. The largest absolute Gasteiger partial charge is 0.444 e. The van der Waals surface area contributed by atoms with Gasteiger partial charge in [-0.1, -0.05) is 29.3 Å². The van der Waals surface area contributed by atoms with E-state index in [4.69, 9.17) is 38.4 Å². The number of nitrogens with zero attached hydrogens (tertiary/aromatic N) is 3. The van der Waals surface area contributed by atoms with E-state index in [9.17, 15) is 14.4 Å². The molecule has 38 heavy (non-hydrogen) atoms. The molecular formula is C25H28Cl2N6O5. The molecule has 0 spiro atoms. The number of rotatable bonds is 8. The Morgan fingerprint density at radius 2 is 1.87 bits per heavy atom. The predicted octanol–water partition coefficient (Wildman–Crippen LogP) is 4.37. The van der Waals surface area contributed by atoms with Crippen LogP contribution in [0.15, 0.2) is 47.8 Å². The first-order chi connectivity index (χ1) is 17.9. The Hall–Kier alpha value is -3.67. The Balaban J connectivity index is 1.90. The molecule has 0 radical (unpaired) electrons. The van der Waals surface area contributed by atoms with Crippen molar-refractivity contribution in [2.24, 2.45) is 0 Å². The van der Waals surface area contributed by atoms with Crippen molar-refractivity contribution in [2.75, 3.05) is 24.8 Å². The predicted molar refractivity (Wildman–Crippen MR) is 145 cm³/mol. The summed E-state index contributed by atoms with van der Waals surface area (Å²) in [4.78, 5) is 46.9. The summed E-state index contributed by atoms with van der Waals surface area (Å²) in [5.41, 5.74) is 5.03. The second kappa shape index (κ2) is 12.2. The lowest BCUT2D eigenvalue weighted by molar-refractivity contribution is 0.0492. The Morgan fingerprint density at radius 1 is 1.18 bits per heavy atom. The third-order valence-electron chi connectivity index (χ3n) is 5.13. The molecule has 4 N–H and O–H groups in total. The van der Waals surface area contributed by atoms with E-state index in [0.29, 0.717) is 18.6 Å². The van der Waals surface area contributed by atoms with Crippen LogP contribution in [0.3, 0.4) is 0 Å². The van der Waals surface area contributed by atoms with Gasteiger partial charge in [-0.2, -0.15) is 0 Å². The maximum atomic E-state index is 13.2. The monoisotopic (exact) mass is 562 g/mol. The minimum atomic E-state index is -0.815. The molecule has 2 heterocycles. The van der Waals surface area contributed by atoms with Crippen LogP contribution in [0.25, 0.3) is 5.69 Å². The number of alkyl carbamates (subject to hydrolysis) is 1. The van der Waals surface area contributed by atoms with Crippen LogP contribution in [0.2, 0.25) is 10.0 Å². The molecule has 0 fully saturated rings. The van der Waals surface area contributed by atoms with E-state index in [2.05, 4.69) is 20.6 Å². The number of halogens is 2. The highest BCUT2D eigenvalue weighted by Gasteiger charge is 2.23. The van der Waals surface area contributed by atoms with Crippen LogP contribution in [0.4, 0.5) is 16.3 Å². The van der Waals surface area contributed by atoms with Gasteiger partial charge >= 0.3 is 6.09 Å². The quantitative estimate of drug-likeness (QED) is 0.366. The zero-order valence-corrected chi connectivity index (χ0v) is 22.8. The number of aromatic nitrogens is 3. The third-order valence-corrected chi connectivity index (χ3v) is 5.74. The molecule has 2 amide bonds. The first-order valence-corrected chi connectivity index (χ1v) is 12.2. The van der Waals surface area contributed by atoms with Gasteiger partial charge in [0.05, 0.1) is 33.7 Å². The number of carbonyl (C=O) groups excluding carboxylic acids is 2. The van der Waals surface area contributed by atoms with Gasteiger partial charge < -0.3 is 25.8 Å². The number of hydrogen-bond donors (Lipinski definition) is 3. The van der Waals surface area contributed by atoms with Gasteiger partial charge in [-0.25, -0.2) is 9.78 Å². The number of methoxy groups -OCH3 is 1. The molecule has 13 heteroatoms. The summed E-state index contributed by atoms with van der Waals surface area (Å²) in [6, 6.07) is 5.80. The molecule has 0 aliphatic rings. The molecule has 0 saturated carbocycles. The SMILES string of the molecule is COCC[C@@H](NC(=O)OC(C)(C)C)c1cncc(NC(=O)c2c(N)ncn(-c3c(Cl)cccc3Cl)c2=O)c1. The molecular weight excluding hydrogens is 535 g/mol. The molecule has 1 aromatic carbocycles. The second-order valence-corrected chi connectivity index (χ2v) is 10.0. The lowest BCUT2D eigenvalue weighted by atomic mass is 10.1. The average molecular weight is 563 g/mol. The first-order valence-electron chi connectivity index (χ1n) is 11.5. The molecule has 3 aromatic rings. The van der Waals surface area contributed by atoms with Crippen LogP contribution in [0, 0.1) is 0 Å². The Labute approximate surface area is 229 Å². The van der Waals surface area contributed by atoms with Gasteiger partial charge in [-0.05, 0) is 51.0 Å². The van der Waals surface area contributed by atoms with Crippen LogP contribution in [-0.4, -0.2) is 45.9 Å². The molecule has 1 atom stereocenters. The summed E-state index contributed by atoms with van der Waals surface area (Å²) < 4.78 is 11.6. The lowest BCUT2D eigenvalue weighted by Gasteiger charge is -2.24. The summed E-state index contributed by atoms with van der Waals surface area (Å²) in [5, 5.41) is 5.78. The molecule has 11 nitrogen and oxygen atoms in total. The minimum absolute atomic E-state index is 0.167. The van der Waals surface area contributed by atoms with Crippen molar-refractivity contribution in [3.63, 3.8) is 0 Å². The first kappa shape index (κ1) is 28.9. The Kier molecular flexibility index (Phi) is 9.31. The lowest BCUT2D eigenvalue weighted by Crippen LogP contribution is -2.35. The Morgan fingerprint density at radius 3 is 2.50 bits per heavy atom. The van der Waals surface area contributed by atoms with Crippen molar-refractivity contribution in [1.82, 2.24) is 19.9 Å². The fourth-order valence-corrected chi connectivity index (χ4v) is 4.06. The molecule has 0 bridgehead atoms. The number of amides is 2. The number of pyridine rings is 1. The van der Waals surface area contributed by atoms with Gasteiger partial charge in [0, 0.05) is 19.9 Å². The van der Waals surface area contributed by atoms with Crippen molar-refractivity contribution < 1.29 is 19.1 Å². The zero-order valence-electron chi connectivity index (χ0n) is 21.2. The van der Waals surface area contributed by atoms with Crippen molar-refractivity contribution in [1.29, 1.82) is 0 Å². The molecule has 3 rings (SSSR count). The van der Waals surface area contributed by atoms with Gasteiger partial charge in [-0.15, -0.1) is 0 Å². The number of hydrogen-bond acceptors (Lipinski definition) is 8. The highest BCUT2D eigenvalue weighted by Crippen LogP contribution is 2.27. The molecule has 0 aliphatic heterocycles. The van der Waals surface area contributed by atoms with Gasteiger partial charge in [0.25, 0.3) is 11.5 Å². The van der Waals surface area contributed by atoms with E-state index in [0.717, 1.165) is 10.9 Å². The number of anilines is 2. The fourth-order valence-electron chi connectivity index (χ4n) is 3.48. The number of nitrogens with one attached hydrogen (secondary N) is 2. The van der Waals surface area contributed by atoms with Gasteiger partial charge in [0.1, 0.15) is 23.3 Å². The minimum Gasteiger partial charge on any atom is -0.444 e. The molecule has 2 aromatic heterocycles. The van der Waals surface area contributed by atoms with E-state index in [-0.39, 0.29) is 27.2 Å². The molecule has 202 valence electrons. The number of benzene rings is 1. The van der Waals surface area contributed by atoms with E-state index in [1.807, 2.05) is 0 Å². The van der Waals surface area contributed by atoms with E-state index in [1.54, 1.807) is 52.1 Å². The van der Waals surface area contributed by atoms with E-state index >= 15 is 0 Å². The van der Waals surface area contributed by atoms with Crippen LogP contribution in [0.1, 0.15) is 49.2 Å². The summed E-state index contributed by atoms with van der Waals surface area (Å²) in [7, 11) is 1.54. The molecule has 0 saturated heterocycles. The summed E-state index contributed by atoms with van der Waals surface area (Å²) in [6.45, 7) is 5.61. The summed E-state index contributed by atoms with van der Waals surface area (Å²) in [5.74, 6) is -1.09. The number of ether oxygens (including phenoxy) is 2. The normalized spacial score (nSPS) is 12.1. The highest BCUT2D eigenvalue weighted by atomic mass is 35.5. The van der Waals surface area contributed by atoms with Gasteiger partial charge in [0.2, 0.25) is 0 Å². The fraction of sp³-hybridized carbons (Fsp3) is 0.320. The third kappa shape index (κ3) is 7.21. The number of nitrogen functional groups attached to an aromatic ring is 1. The van der Waals surface area contributed by atoms with Crippen molar-refractivity contribution in [2.45, 2.75) is 38.8 Å². The van der Waals surface area contributed by atoms with Gasteiger partial charge in [0.15, 0.2) is 0 Å². The van der Waals surface area contributed by atoms with Crippen LogP contribution >= 0.6 is 23.2 Å². The molecule has 0 aliphatic carbocycles. The van der Waals surface area contributed by atoms with Crippen LogP contribution in [-0.2, 0) is 9.47 Å². The summed E-state index contributed by atoms with van der Waals surface area (Å²) in [6.07, 6.45) is 3.87. The van der Waals surface area contributed by atoms with Crippen molar-refractivity contribution in [3.05, 3.63) is 74.5 Å². The standard InChI is InChI=1S/C25H28Cl2N6O5/c1-25(2,3)38-24(36)32-18(8-9-37-4)14-10-15(12-29-11-14)31-22(34)19-21(28)30-13-33(23(19)35)20-16(26)6-5-7-17(20)27/h5-7,10-13,18H,8-9,28H2,1-4H3,(H,31,34)(H,32,36)/t18-/m1/s1. The molecule has 0 unspecified atom stereocenters. The van der Waals surface area contributed by atoms with Crippen LogP contribution in [0.5, 0.6) is 0 Å². The average Bonchev–Trinajstić information content (AvgIpc) is 2.82. The topological polar surface area (TPSA) is 150 Å². The van der Waals surface area contributed by atoms with Crippen LogP contribution < -0.4 is 21.9 Å². The second-order valence-electron chi connectivity index (χ2n) is 9.19. The highest BCUT2D eigenvalue weighted by molar-refractivity contribution is 6.37. The number of carbonyl (C=O) groups is 2. The number of nitrogens with two attached hydrogens (primary N) is 1. The van der Waals surface area contributed by atoms with Gasteiger partial charge in [-0.3, -0.25) is 19.1 Å². The van der Waals surface area contributed by atoms with Crippen molar-refractivity contribution in [3.8, 4) is 5.69 Å². The number of para-hydroxylation sites is 1. The van der Waals surface area contributed by atoms with Crippen molar-refractivity contribution >= 4 is 46.7 Å².